The molecule has 1 aromatic rings. The van der Waals surface area contributed by atoms with Crippen molar-refractivity contribution in [2.75, 3.05) is 0 Å². The number of hydrogen-bond donors (Lipinski definition) is 0. The standard InChI is InChI=1S/C14H18BNO3/c1-13(2)14(3,4)19-15(18-13)11-7-8-12(16-10-11)6-5-9-17/h5-10H,1-4H3. The van der Waals surface area contributed by atoms with Gasteiger partial charge in [0.25, 0.3) is 0 Å². The molecule has 0 saturated carbocycles. The zero-order chi connectivity index (χ0) is 14.1. The quantitative estimate of drug-likeness (QED) is 0.470. The van der Waals surface area contributed by atoms with Crippen molar-refractivity contribution in [1.82, 2.24) is 4.98 Å². The van der Waals surface area contributed by atoms with Crippen LogP contribution in [-0.2, 0) is 14.1 Å². The minimum absolute atomic E-state index is 0.353. The molecule has 4 nitrogen and oxygen atoms in total. The molecule has 2 heterocycles. The van der Waals surface area contributed by atoms with Gasteiger partial charge in [-0.3, -0.25) is 9.78 Å². The molecule has 0 atom stereocenters. The van der Waals surface area contributed by atoms with Crippen LogP contribution in [-0.4, -0.2) is 29.6 Å². The van der Waals surface area contributed by atoms with E-state index in [1.54, 1.807) is 12.3 Å². The third kappa shape index (κ3) is 2.77. The van der Waals surface area contributed by atoms with Crippen LogP contribution in [0.25, 0.3) is 6.08 Å². The molecule has 5 heteroatoms. The van der Waals surface area contributed by atoms with Crippen molar-refractivity contribution in [3.8, 4) is 0 Å². The predicted octanol–water partition coefficient (Wildman–Crippen LogP) is 1.59. The summed E-state index contributed by atoms with van der Waals surface area (Å²) in [6.45, 7) is 8.06. The molecule has 1 saturated heterocycles. The smallest absolute Gasteiger partial charge is 0.399 e. The molecule has 100 valence electrons. The Labute approximate surface area is 114 Å². The van der Waals surface area contributed by atoms with Crippen molar-refractivity contribution >= 4 is 24.9 Å². The minimum Gasteiger partial charge on any atom is -0.399 e. The topological polar surface area (TPSA) is 48.4 Å². The van der Waals surface area contributed by atoms with Crippen LogP contribution >= 0.6 is 0 Å². The summed E-state index contributed by atoms with van der Waals surface area (Å²) in [5.41, 5.74) is 0.899. The molecule has 0 bridgehead atoms. The highest BCUT2D eigenvalue weighted by molar-refractivity contribution is 6.62. The van der Waals surface area contributed by atoms with Gasteiger partial charge in [0, 0.05) is 11.7 Å². The van der Waals surface area contributed by atoms with Crippen LogP contribution in [0.4, 0.5) is 0 Å². The second-order valence-electron chi connectivity index (χ2n) is 5.60. The summed E-state index contributed by atoms with van der Waals surface area (Å²) < 4.78 is 11.9. The monoisotopic (exact) mass is 259 g/mol. The number of carbonyl (C=O) groups is 1. The van der Waals surface area contributed by atoms with Crippen LogP contribution in [0.2, 0.25) is 0 Å². The molecule has 0 unspecified atom stereocenters. The van der Waals surface area contributed by atoms with Crippen LogP contribution in [0.1, 0.15) is 33.4 Å². The van der Waals surface area contributed by atoms with Crippen molar-refractivity contribution in [3.05, 3.63) is 30.1 Å². The van der Waals surface area contributed by atoms with Gasteiger partial charge in [-0.1, -0.05) is 6.07 Å². The second kappa shape index (κ2) is 4.91. The maximum atomic E-state index is 10.2. The number of nitrogens with zero attached hydrogens (tertiary/aromatic N) is 1. The lowest BCUT2D eigenvalue weighted by Crippen LogP contribution is -2.41. The zero-order valence-electron chi connectivity index (χ0n) is 11.7. The van der Waals surface area contributed by atoms with Crippen LogP contribution in [0.5, 0.6) is 0 Å². The van der Waals surface area contributed by atoms with Crippen LogP contribution in [0, 0.1) is 0 Å². The average molecular weight is 259 g/mol. The molecule has 19 heavy (non-hydrogen) atoms. The summed E-state index contributed by atoms with van der Waals surface area (Å²) in [5, 5.41) is 0. The molecule has 1 aromatic heterocycles. The van der Waals surface area contributed by atoms with Gasteiger partial charge in [-0.15, -0.1) is 0 Å². The Morgan fingerprint density at radius 1 is 1.16 bits per heavy atom. The number of rotatable bonds is 3. The first-order valence-electron chi connectivity index (χ1n) is 6.29. The van der Waals surface area contributed by atoms with E-state index in [0.29, 0.717) is 0 Å². The van der Waals surface area contributed by atoms with E-state index in [9.17, 15) is 4.79 Å². The highest BCUT2D eigenvalue weighted by atomic mass is 16.7. The lowest BCUT2D eigenvalue weighted by Gasteiger charge is -2.32. The molecule has 0 spiro atoms. The van der Waals surface area contributed by atoms with Crippen LogP contribution < -0.4 is 5.46 Å². The van der Waals surface area contributed by atoms with E-state index in [4.69, 9.17) is 9.31 Å². The average Bonchev–Trinajstić information content (AvgIpc) is 2.56. The van der Waals surface area contributed by atoms with Gasteiger partial charge in [-0.2, -0.15) is 0 Å². The van der Waals surface area contributed by atoms with Gasteiger partial charge in [0.1, 0.15) is 6.29 Å². The Morgan fingerprint density at radius 2 is 1.79 bits per heavy atom. The summed E-state index contributed by atoms with van der Waals surface area (Å²) in [6, 6.07) is 3.74. The normalized spacial score (nSPS) is 20.9. The third-order valence-corrected chi connectivity index (χ3v) is 3.68. The molecule has 0 aliphatic carbocycles. The van der Waals surface area contributed by atoms with Crippen molar-refractivity contribution in [2.24, 2.45) is 0 Å². The summed E-state index contributed by atoms with van der Waals surface area (Å²) in [5.74, 6) is 0. The van der Waals surface area contributed by atoms with E-state index in [2.05, 4.69) is 4.98 Å². The highest BCUT2D eigenvalue weighted by Gasteiger charge is 2.51. The molecule has 1 fully saturated rings. The van der Waals surface area contributed by atoms with Crippen LogP contribution in [0.15, 0.2) is 24.4 Å². The number of aromatic nitrogens is 1. The molecular weight excluding hydrogens is 241 g/mol. The molecule has 0 amide bonds. The molecule has 0 radical (unpaired) electrons. The summed E-state index contributed by atoms with van der Waals surface area (Å²) in [4.78, 5) is 14.5. The van der Waals surface area contributed by atoms with E-state index >= 15 is 0 Å². The number of pyridine rings is 1. The number of aldehydes is 1. The van der Waals surface area contributed by atoms with Gasteiger partial charge < -0.3 is 9.31 Å². The summed E-state index contributed by atoms with van der Waals surface area (Å²) in [6.07, 6.45) is 5.51. The number of allylic oxidation sites excluding steroid dienone is 1. The fourth-order valence-electron chi connectivity index (χ4n) is 1.77. The predicted molar refractivity (Wildman–Crippen MR) is 75.1 cm³/mol. The summed E-state index contributed by atoms with van der Waals surface area (Å²) >= 11 is 0. The molecule has 0 aromatic carbocycles. The van der Waals surface area contributed by atoms with E-state index in [-0.39, 0.29) is 11.2 Å². The Kier molecular flexibility index (Phi) is 3.61. The third-order valence-electron chi connectivity index (χ3n) is 3.68. The highest BCUT2D eigenvalue weighted by Crippen LogP contribution is 2.36. The first kappa shape index (κ1) is 14.0. The van der Waals surface area contributed by atoms with Crippen molar-refractivity contribution in [2.45, 2.75) is 38.9 Å². The van der Waals surface area contributed by atoms with Gasteiger partial charge in [0.2, 0.25) is 0 Å². The van der Waals surface area contributed by atoms with E-state index in [0.717, 1.165) is 17.4 Å². The Hall–Kier alpha value is -1.46. The summed E-state index contributed by atoms with van der Waals surface area (Å²) in [7, 11) is -0.401. The second-order valence-corrected chi connectivity index (χ2v) is 5.60. The fraction of sp³-hybridized carbons (Fsp3) is 0.429. The number of carbonyl (C=O) groups excluding carboxylic acids is 1. The zero-order valence-corrected chi connectivity index (χ0v) is 11.7. The molecule has 2 rings (SSSR count). The lowest BCUT2D eigenvalue weighted by molar-refractivity contribution is -0.104. The first-order chi connectivity index (χ1) is 8.86. The maximum absolute atomic E-state index is 10.2. The van der Waals surface area contributed by atoms with Gasteiger partial charge in [-0.05, 0) is 45.9 Å². The first-order valence-corrected chi connectivity index (χ1v) is 6.29. The van der Waals surface area contributed by atoms with Gasteiger partial charge in [0.15, 0.2) is 0 Å². The Balaban J connectivity index is 2.16. The van der Waals surface area contributed by atoms with E-state index < -0.39 is 7.12 Å². The Morgan fingerprint density at radius 3 is 2.26 bits per heavy atom. The minimum atomic E-state index is -0.401. The largest absolute Gasteiger partial charge is 0.496 e. The fourth-order valence-corrected chi connectivity index (χ4v) is 1.77. The lowest BCUT2D eigenvalue weighted by atomic mass is 9.80. The molecular formula is C14H18BNO3. The molecule has 1 aliphatic heterocycles. The van der Waals surface area contributed by atoms with Gasteiger partial charge >= 0.3 is 7.12 Å². The number of hydrogen-bond acceptors (Lipinski definition) is 4. The van der Waals surface area contributed by atoms with Gasteiger partial charge in [0.05, 0.1) is 16.9 Å². The molecule has 1 aliphatic rings. The van der Waals surface area contributed by atoms with Crippen molar-refractivity contribution in [3.63, 3.8) is 0 Å². The van der Waals surface area contributed by atoms with E-state index in [1.807, 2.05) is 39.8 Å². The van der Waals surface area contributed by atoms with Crippen molar-refractivity contribution < 1.29 is 14.1 Å². The Bertz CT molecular complexity index is 478. The SMILES string of the molecule is CC1(C)OB(c2ccc(C=CC=O)nc2)OC1(C)C. The van der Waals surface area contributed by atoms with Crippen LogP contribution in [0.3, 0.4) is 0 Å². The maximum Gasteiger partial charge on any atom is 0.496 e. The van der Waals surface area contributed by atoms with Crippen molar-refractivity contribution in [1.29, 1.82) is 0 Å². The van der Waals surface area contributed by atoms with E-state index in [1.165, 1.54) is 6.08 Å². The molecule has 0 N–H and O–H groups in total. The van der Waals surface area contributed by atoms with Gasteiger partial charge in [-0.25, -0.2) is 0 Å².